The lowest BCUT2D eigenvalue weighted by Gasteiger charge is -2.34. The van der Waals surface area contributed by atoms with Crippen molar-refractivity contribution in [3.8, 4) is 0 Å². The van der Waals surface area contributed by atoms with Crippen LogP contribution in [0.4, 0.5) is 11.4 Å². The maximum Gasteiger partial charge on any atom is 0.338 e. The Bertz CT molecular complexity index is 733. The summed E-state index contributed by atoms with van der Waals surface area (Å²) in [4.78, 5) is 14.4. The molecule has 0 spiro atoms. The Balaban J connectivity index is 1.64. The number of benzene rings is 2. The SMILES string of the molecule is CCOC(=O)c1ccc(N)c(NC2CCCN(Cc3ccccc3)C2)c1. The first-order valence-corrected chi connectivity index (χ1v) is 9.25. The summed E-state index contributed by atoms with van der Waals surface area (Å²) >= 11 is 0. The average Bonchev–Trinajstić information content (AvgIpc) is 2.65. The quantitative estimate of drug-likeness (QED) is 0.614. The number of carbonyl (C=O) groups excluding carboxylic acids is 1. The number of piperidine rings is 1. The van der Waals surface area contributed by atoms with Crippen LogP contribution in [0.5, 0.6) is 0 Å². The van der Waals surface area contributed by atoms with Gasteiger partial charge in [0.25, 0.3) is 0 Å². The number of ether oxygens (including phenoxy) is 1. The molecule has 0 aliphatic carbocycles. The van der Waals surface area contributed by atoms with Crippen LogP contribution in [-0.4, -0.2) is 36.6 Å². The van der Waals surface area contributed by atoms with Crippen molar-refractivity contribution in [2.24, 2.45) is 0 Å². The van der Waals surface area contributed by atoms with Gasteiger partial charge in [-0.25, -0.2) is 4.79 Å². The first-order valence-electron chi connectivity index (χ1n) is 9.25. The molecule has 1 atom stereocenters. The number of nitrogens with two attached hydrogens (primary N) is 1. The number of hydrogen-bond acceptors (Lipinski definition) is 5. The largest absolute Gasteiger partial charge is 0.462 e. The lowest BCUT2D eigenvalue weighted by atomic mass is 10.0. The van der Waals surface area contributed by atoms with E-state index >= 15 is 0 Å². The molecule has 3 rings (SSSR count). The summed E-state index contributed by atoms with van der Waals surface area (Å²) in [7, 11) is 0. The van der Waals surface area contributed by atoms with Gasteiger partial charge in [-0.05, 0) is 50.1 Å². The van der Waals surface area contributed by atoms with E-state index in [1.165, 1.54) is 5.56 Å². The van der Waals surface area contributed by atoms with Gasteiger partial charge in [0.2, 0.25) is 0 Å². The van der Waals surface area contributed by atoms with E-state index in [-0.39, 0.29) is 5.97 Å². The number of esters is 1. The molecule has 5 heteroatoms. The lowest BCUT2D eigenvalue weighted by molar-refractivity contribution is 0.0526. The molecule has 138 valence electrons. The van der Waals surface area contributed by atoms with E-state index < -0.39 is 0 Å². The first-order chi connectivity index (χ1) is 12.7. The Labute approximate surface area is 155 Å². The molecule has 2 aromatic carbocycles. The standard InChI is InChI=1S/C21H27N3O2/c1-2-26-21(25)17-10-11-19(22)20(13-17)23-18-9-6-12-24(15-18)14-16-7-4-3-5-8-16/h3-5,7-8,10-11,13,18,23H,2,6,9,12,14-15,22H2,1H3. The van der Waals surface area contributed by atoms with Crippen LogP contribution in [-0.2, 0) is 11.3 Å². The highest BCUT2D eigenvalue weighted by Gasteiger charge is 2.21. The maximum atomic E-state index is 12.0. The fourth-order valence-electron chi connectivity index (χ4n) is 3.40. The number of hydrogen-bond donors (Lipinski definition) is 2. The van der Waals surface area contributed by atoms with Crippen LogP contribution >= 0.6 is 0 Å². The summed E-state index contributed by atoms with van der Waals surface area (Å²) in [6.45, 7) is 5.18. The molecule has 26 heavy (non-hydrogen) atoms. The molecule has 1 aliphatic rings. The molecule has 1 unspecified atom stereocenters. The van der Waals surface area contributed by atoms with Crippen molar-refractivity contribution in [1.82, 2.24) is 4.90 Å². The Morgan fingerprint density at radius 3 is 2.85 bits per heavy atom. The zero-order valence-electron chi connectivity index (χ0n) is 15.3. The average molecular weight is 353 g/mol. The van der Waals surface area contributed by atoms with Gasteiger partial charge >= 0.3 is 5.97 Å². The second kappa shape index (κ2) is 8.72. The van der Waals surface area contributed by atoms with Crippen molar-refractivity contribution in [2.75, 3.05) is 30.7 Å². The Morgan fingerprint density at radius 2 is 2.08 bits per heavy atom. The molecule has 0 bridgehead atoms. The highest BCUT2D eigenvalue weighted by molar-refractivity contribution is 5.92. The van der Waals surface area contributed by atoms with E-state index in [0.717, 1.165) is 38.2 Å². The zero-order chi connectivity index (χ0) is 18.4. The highest BCUT2D eigenvalue weighted by atomic mass is 16.5. The van der Waals surface area contributed by atoms with Gasteiger partial charge in [-0.3, -0.25) is 4.90 Å². The van der Waals surface area contributed by atoms with E-state index in [9.17, 15) is 4.79 Å². The molecule has 1 fully saturated rings. The van der Waals surface area contributed by atoms with Gasteiger partial charge in [0.1, 0.15) is 0 Å². The molecule has 1 saturated heterocycles. The fraction of sp³-hybridized carbons (Fsp3) is 0.381. The Morgan fingerprint density at radius 1 is 1.27 bits per heavy atom. The van der Waals surface area contributed by atoms with E-state index in [1.807, 2.05) is 6.07 Å². The fourth-order valence-corrected chi connectivity index (χ4v) is 3.40. The molecular formula is C21H27N3O2. The molecule has 0 aromatic heterocycles. The number of nitrogens with zero attached hydrogens (tertiary/aromatic N) is 1. The predicted octanol–water partition coefficient (Wildman–Crippen LogP) is 3.52. The van der Waals surface area contributed by atoms with E-state index in [4.69, 9.17) is 10.5 Å². The van der Waals surface area contributed by atoms with Crippen molar-refractivity contribution < 1.29 is 9.53 Å². The van der Waals surface area contributed by atoms with Gasteiger partial charge in [-0.1, -0.05) is 30.3 Å². The lowest BCUT2D eigenvalue weighted by Crippen LogP contribution is -2.41. The molecule has 0 radical (unpaired) electrons. The molecule has 0 amide bonds. The smallest absolute Gasteiger partial charge is 0.338 e. The molecule has 1 aliphatic heterocycles. The second-order valence-electron chi connectivity index (χ2n) is 6.73. The van der Waals surface area contributed by atoms with Crippen LogP contribution < -0.4 is 11.1 Å². The third-order valence-corrected chi connectivity index (χ3v) is 4.68. The van der Waals surface area contributed by atoms with E-state index in [1.54, 1.807) is 25.1 Å². The van der Waals surface area contributed by atoms with E-state index in [2.05, 4.69) is 34.5 Å². The van der Waals surface area contributed by atoms with Crippen LogP contribution in [0.3, 0.4) is 0 Å². The summed E-state index contributed by atoms with van der Waals surface area (Å²) in [5.74, 6) is -0.315. The van der Waals surface area contributed by atoms with Crippen LogP contribution in [0, 0.1) is 0 Å². The summed E-state index contributed by atoms with van der Waals surface area (Å²) < 4.78 is 5.08. The molecule has 5 nitrogen and oxygen atoms in total. The van der Waals surface area contributed by atoms with Crippen LogP contribution in [0.15, 0.2) is 48.5 Å². The van der Waals surface area contributed by atoms with Crippen molar-refractivity contribution >= 4 is 17.3 Å². The van der Waals surface area contributed by atoms with Crippen LogP contribution in [0.1, 0.15) is 35.7 Å². The number of rotatable bonds is 6. The third-order valence-electron chi connectivity index (χ3n) is 4.68. The van der Waals surface area contributed by atoms with Crippen LogP contribution in [0.25, 0.3) is 0 Å². The maximum absolute atomic E-state index is 12.0. The Kier molecular flexibility index (Phi) is 6.12. The summed E-state index contributed by atoms with van der Waals surface area (Å²) in [5, 5.41) is 3.53. The minimum Gasteiger partial charge on any atom is -0.462 e. The van der Waals surface area contributed by atoms with Gasteiger partial charge in [-0.2, -0.15) is 0 Å². The predicted molar refractivity (Wildman–Crippen MR) is 105 cm³/mol. The van der Waals surface area contributed by atoms with Crippen molar-refractivity contribution in [3.05, 3.63) is 59.7 Å². The van der Waals surface area contributed by atoms with Gasteiger partial charge in [0, 0.05) is 19.1 Å². The van der Waals surface area contributed by atoms with Gasteiger partial charge in [0.15, 0.2) is 0 Å². The second-order valence-corrected chi connectivity index (χ2v) is 6.73. The molecule has 2 aromatic rings. The summed E-state index contributed by atoms with van der Waals surface area (Å²) in [6.07, 6.45) is 2.23. The number of nitrogen functional groups attached to an aromatic ring is 1. The Hall–Kier alpha value is -2.53. The number of likely N-dealkylation sites (tertiary alicyclic amines) is 1. The van der Waals surface area contributed by atoms with E-state index in [0.29, 0.717) is 23.9 Å². The van der Waals surface area contributed by atoms with Gasteiger partial charge < -0.3 is 15.8 Å². The molecular weight excluding hydrogens is 326 g/mol. The third kappa shape index (κ3) is 4.76. The van der Waals surface area contributed by atoms with Gasteiger partial charge in [0.05, 0.1) is 23.5 Å². The van der Waals surface area contributed by atoms with Gasteiger partial charge in [-0.15, -0.1) is 0 Å². The van der Waals surface area contributed by atoms with Crippen molar-refractivity contribution in [1.29, 1.82) is 0 Å². The normalized spacial score (nSPS) is 17.7. The minimum atomic E-state index is -0.315. The first kappa shape index (κ1) is 18.3. The highest BCUT2D eigenvalue weighted by Crippen LogP contribution is 2.24. The van der Waals surface area contributed by atoms with Crippen LogP contribution in [0.2, 0.25) is 0 Å². The number of anilines is 2. The topological polar surface area (TPSA) is 67.6 Å². The number of carbonyl (C=O) groups is 1. The summed E-state index contributed by atoms with van der Waals surface area (Å²) in [5.41, 5.74) is 9.43. The molecule has 1 heterocycles. The zero-order valence-corrected chi connectivity index (χ0v) is 15.3. The summed E-state index contributed by atoms with van der Waals surface area (Å²) in [6, 6.07) is 16.1. The molecule has 3 N–H and O–H groups in total. The van der Waals surface area contributed by atoms with Crippen molar-refractivity contribution in [3.63, 3.8) is 0 Å². The molecule has 0 saturated carbocycles. The minimum absolute atomic E-state index is 0.312. The number of nitrogens with one attached hydrogen (secondary N) is 1. The van der Waals surface area contributed by atoms with Crippen molar-refractivity contribution in [2.45, 2.75) is 32.4 Å². The monoisotopic (exact) mass is 353 g/mol.